The van der Waals surface area contributed by atoms with Gasteiger partial charge in [-0.1, -0.05) is 251 Å². The quantitative estimate of drug-likeness (QED) is 0.0146. The van der Waals surface area contributed by atoms with E-state index >= 15 is 0 Å². The van der Waals surface area contributed by atoms with Crippen LogP contribution in [0.5, 0.6) is 0 Å². The SMILES string of the molecule is CC/C=C\C/C=C\C/C=C\C/C=C\C/C=C\C/C=C\CCCCCCC(=O)OCC(O)COP(=O)(O)OCC(O)COP(=O)(O)OCC(COC(=O)CCCCCCC/C=C\C/C=C\C/C=C\C/C=C\CCCCC)OC(=O)CCCCCCCCCCCCC. The van der Waals surface area contributed by atoms with Crippen molar-refractivity contribution >= 4 is 33.6 Å². The van der Waals surface area contributed by atoms with Gasteiger partial charge in [-0.15, -0.1) is 0 Å². The van der Waals surface area contributed by atoms with E-state index in [1.807, 2.05) is 0 Å². The number of esters is 3. The summed E-state index contributed by atoms with van der Waals surface area (Å²) in [6.07, 6.45) is 75.4. The highest BCUT2D eigenvalue weighted by Crippen LogP contribution is 2.45. The zero-order valence-corrected chi connectivity index (χ0v) is 58.3. The van der Waals surface area contributed by atoms with Gasteiger partial charge in [-0.3, -0.25) is 32.5 Å². The lowest BCUT2D eigenvalue weighted by molar-refractivity contribution is -0.161. The first kappa shape index (κ1) is 87.0. The molecule has 5 unspecified atom stereocenters. The standard InChI is InChI=1S/C73H124O16P2/c1-4-7-10-13-16-19-22-24-26-28-30-32-33-35-37-38-40-42-45-47-50-53-56-59-71(76)83-62-68(74)63-85-90(79,80)86-64-69(75)65-87-91(81,82)88-67-70(89-73(78)61-58-55-52-49-44-21-18-15-12-9-6-3)66-84-72(77)60-57-54-51-48-46-43-41-39-36-34-31-29-27-25-23-20-17-14-11-8-5-2/h7,10,16-17,19-20,24-27,30-32,34-35,37,39-42,68-70,74-75H,4-6,8-9,11-15,18,21-23,28-29,33,36,38,43-67H2,1-3H3,(H,79,80)(H,81,82)/b10-7-,19-16-,20-17-,26-24-,27-25-,32-30-,34-31-,37-35-,41-39-,42-40-. The van der Waals surface area contributed by atoms with Crippen molar-refractivity contribution in [2.24, 2.45) is 0 Å². The van der Waals surface area contributed by atoms with E-state index in [0.717, 1.165) is 141 Å². The maximum absolute atomic E-state index is 12.9. The minimum atomic E-state index is -4.93. The number of aliphatic hydroxyl groups is 2. The van der Waals surface area contributed by atoms with Crippen LogP contribution in [0.3, 0.4) is 0 Å². The van der Waals surface area contributed by atoms with Crippen molar-refractivity contribution < 1.29 is 75.8 Å². The lowest BCUT2D eigenvalue weighted by Gasteiger charge is -2.21. The Labute approximate surface area is 551 Å². The third kappa shape index (κ3) is 67.2. The van der Waals surface area contributed by atoms with Gasteiger partial charge >= 0.3 is 33.6 Å². The van der Waals surface area contributed by atoms with E-state index in [-0.39, 0.29) is 19.3 Å². The Morgan fingerprint density at radius 3 is 0.945 bits per heavy atom. The lowest BCUT2D eigenvalue weighted by atomic mass is 10.1. The summed E-state index contributed by atoms with van der Waals surface area (Å²) in [6.45, 7) is 2.46. The summed E-state index contributed by atoms with van der Waals surface area (Å²) in [5.74, 6) is -1.62. The molecule has 0 spiro atoms. The van der Waals surface area contributed by atoms with E-state index < -0.39 is 91.5 Å². The molecule has 0 aromatic carbocycles. The largest absolute Gasteiger partial charge is 0.472 e. The van der Waals surface area contributed by atoms with Crippen LogP contribution in [0.15, 0.2) is 122 Å². The van der Waals surface area contributed by atoms with Crippen LogP contribution < -0.4 is 0 Å². The van der Waals surface area contributed by atoms with Crippen LogP contribution in [0.4, 0.5) is 0 Å². The number of carbonyl (C=O) groups excluding carboxylic acids is 3. The Balaban J connectivity index is 4.62. The average molecular weight is 1320 g/mol. The number of phosphoric acid groups is 2. The topological polar surface area (TPSA) is 231 Å². The molecule has 0 heterocycles. The highest BCUT2D eigenvalue weighted by Gasteiger charge is 2.29. The fourth-order valence-electron chi connectivity index (χ4n) is 8.85. The predicted molar refractivity (Wildman–Crippen MR) is 371 cm³/mol. The molecule has 0 bridgehead atoms. The summed E-state index contributed by atoms with van der Waals surface area (Å²) in [6, 6.07) is 0. The Kier molecular flexibility index (Phi) is 63.1. The number of phosphoric ester groups is 2. The number of allylic oxidation sites excluding steroid dienone is 20. The van der Waals surface area contributed by atoms with Gasteiger partial charge in [-0.25, -0.2) is 9.13 Å². The minimum Gasteiger partial charge on any atom is -0.463 e. The molecule has 18 heteroatoms. The van der Waals surface area contributed by atoms with Crippen molar-refractivity contribution in [3.8, 4) is 0 Å². The monoisotopic (exact) mass is 1320 g/mol. The van der Waals surface area contributed by atoms with Crippen LogP contribution in [0, 0.1) is 0 Å². The molecule has 5 atom stereocenters. The average Bonchev–Trinajstić information content (AvgIpc) is 3.58. The number of hydrogen-bond donors (Lipinski definition) is 4. The van der Waals surface area contributed by atoms with Gasteiger partial charge in [0.05, 0.1) is 26.4 Å². The van der Waals surface area contributed by atoms with Gasteiger partial charge in [-0.05, 0) is 116 Å². The molecule has 0 radical (unpaired) electrons. The van der Waals surface area contributed by atoms with Crippen LogP contribution in [-0.4, -0.2) is 95.9 Å². The van der Waals surface area contributed by atoms with E-state index in [1.165, 1.54) is 64.2 Å². The van der Waals surface area contributed by atoms with E-state index in [2.05, 4.69) is 142 Å². The Bertz CT molecular complexity index is 2140. The molecule has 0 aliphatic carbocycles. The van der Waals surface area contributed by atoms with Crippen molar-refractivity contribution in [1.29, 1.82) is 0 Å². The summed E-state index contributed by atoms with van der Waals surface area (Å²) in [4.78, 5) is 58.3. The summed E-state index contributed by atoms with van der Waals surface area (Å²) < 4.78 is 60.8. The number of carbonyl (C=O) groups is 3. The van der Waals surface area contributed by atoms with Gasteiger partial charge in [0.1, 0.15) is 25.4 Å². The number of unbranched alkanes of at least 4 members (excludes halogenated alkanes) is 22. The zero-order chi connectivity index (χ0) is 66.7. The normalized spacial score (nSPS) is 14.9. The fourth-order valence-corrected chi connectivity index (χ4v) is 10.4. The lowest BCUT2D eigenvalue weighted by Crippen LogP contribution is -2.30. The van der Waals surface area contributed by atoms with Crippen molar-refractivity contribution in [2.45, 2.75) is 283 Å². The molecule has 0 aromatic heterocycles. The second kappa shape index (κ2) is 66.0. The van der Waals surface area contributed by atoms with Gasteiger partial charge in [0.25, 0.3) is 0 Å². The first-order valence-electron chi connectivity index (χ1n) is 34.8. The van der Waals surface area contributed by atoms with Crippen LogP contribution >= 0.6 is 15.6 Å². The number of ether oxygens (including phenoxy) is 3. The highest BCUT2D eigenvalue weighted by atomic mass is 31.2. The molecule has 91 heavy (non-hydrogen) atoms. The smallest absolute Gasteiger partial charge is 0.463 e. The van der Waals surface area contributed by atoms with Gasteiger partial charge < -0.3 is 34.2 Å². The van der Waals surface area contributed by atoms with Gasteiger partial charge in [0.15, 0.2) is 6.10 Å². The van der Waals surface area contributed by atoms with Crippen molar-refractivity contribution in [2.75, 3.05) is 39.6 Å². The molecule has 0 amide bonds. The zero-order valence-electron chi connectivity index (χ0n) is 56.5. The second-order valence-corrected chi connectivity index (χ2v) is 25.9. The van der Waals surface area contributed by atoms with Crippen LogP contribution in [0.1, 0.15) is 265 Å². The summed E-state index contributed by atoms with van der Waals surface area (Å²) >= 11 is 0. The van der Waals surface area contributed by atoms with Crippen molar-refractivity contribution in [1.82, 2.24) is 0 Å². The van der Waals surface area contributed by atoms with Gasteiger partial charge in [0, 0.05) is 19.3 Å². The molecule has 0 saturated heterocycles. The molecule has 522 valence electrons. The molecule has 0 aromatic rings. The summed E-state index contributed by atoms with van der Waals surface area (Å²) in [5, 5.41) is 20.5. The molecule has 16 nitrogen and oxygen atoms in total. The number of aliphatic hydroxyl groups excluding tert-OH is 2. The molecule has 4 N–H and O–H groups in total. The Morgan fingerprint density at radius 1 is 0.319 bits per heavy atom. The van der Waals surface area contributed by atoms with Gasteiger partial charge in [0.2, 0.25) is 0 Å². The second-order valence-electron chi connectivity index (χ2n) is 23.0. The van der Waals surface area contributed by atoms with E-state index in [0.29, 0.717) is 19.3 Å². The van der Waals surface area contributed by atoms with Crippen molar-refractivity contribution in [3.05, 3.63) is 122 Å². The summed E-state index contributed by atoms with van der Waals surface area (Å²) in [5.41, 5.74) is 0. The number of rotatable bonds is 65. The Morgan fingerprint density at radius 2 is 0.582 bits per heavy atom. The summed E-state index contributed by atoms with van der Waals surface area (Å²) in [7, 11) is -9.79. The van der Waals surface area contributed by atoms with Crippen LogP contribution in [-0.2, 0) is 55.8 Å². The maximum Gasteiger partial charge on any atom is 0.472 e. The third-order valence-corrected chi connectivity index (χ3v) is 16.1. The molecule has 0 aliphatic heterocycles. The molecule has 0 fully saturated rings. The minimum absolute atomic E-state index is 0.0995. The molecule has 0 rings (SSSR count). The number of hydrogen-bond acceptors (Lipinski definition) is 14. The van der Waals surface area contributed by atoms with Crippen molar-refractivity contribution in [3.63, 3.8) is 0 Å². The predicted octanol–water partition coefficient (Wildman–Crippen LogP) is 19.4. The fraction of sp³-hybridized carbons (Fsp3) is 0.685. The van der Waals surface area contributed by atoms with Gasteiger partial charge in [-0.2, -0.15) is 0 Å². The molecular formula is C73H124O16P2. The first-order chi connectivity index (χ1) is 44.2. The third-order valence-electron chi connectivity index (χ3n) is 14.2. The highest BCUT2D eigenvalue weighted by molar-refractivity contribution is 7.47. The van der Waals surface area contributed by atoms with Crippen LogP contribution in [0.2, 0.25) is 0 Å². The molecular weight excluding hydrogens is 1190 g/mol. The molecule has 0 saturated carbocycles. The Hall–Kier alpha value is -4.05. The van der Waals surface area contributed by atoms with E-state index in [4.69, 9.17) is 32.3 Å². The molecule has 0 aliphatic rings. The van der Waals surface area contributed by atoms with E-state index in [1.54, 1.807) is 0 Å². The van der Waals surface area contributed by atoms with E-state index in [9.17, 15) is 43.5 Å². The maximum atomic E-state index is 12.9. The first-order valence-corrected chi connectivity index (χ1v) is 37.8. The van der Waals surface area contributed by atoms with Crippen LogP contribution in [0.25, 0.3) is 0 Å².